The Hall–Kier alpha value is -2.93. The summed E-state index contributed by atoms with van der Waals surface area (Å²) in [5.41, 5.74) is 2.18. The largest absolute Gasteiger partial charge is 0.497 e. The SMILES string of the molecule is COc1ccc(N2CCN(C(=O)CN(C)Cc3ccc(OC)cc3OC)CC2)cc1. The molecule has 1 aliphatic rings. The van der Waals surface area contributed by atoms with E-state index < -0.39 is 0 Å². The molecular weight excluding hydrogens is 382 g/mol. The van der Waals surface area contributed by atoms with E-state index >= 15 is 0 Å². The van der Waals surface area contributed by atoms with Gasteiger partial charge < -0.3 is 24.0 Å². The highest BCUT2D eigenvalue weighted by molar-refractivity contribution is 5.78. The van der Waals surface area contributed by atoms with Gasteiger partial charge in [-0.2, -0.15) is 0 Å². The van der Waals surface area contributed by atoms with Crippen LogP contribution in [0.15, 0.2) is 42.5 Å². The molecule has 2 aromatic rings. The van der Waals surface area contributed by atoms with E-state index in [9.17, 15) is 4.79 Å². The van der Waals surface area contributed by atoms with E-state index in [4.69, 9.17) is 14.2 Å². The number of hydrogen-bond donors (Lipinski definition) is 0. The van der Waals surface area contributed by atoms with Crippen LogP contribution in [0.3, 0.4) is 0 Å². The molecule has 0 radical (unpaired) electrons. The van der Waals surface area contributed by atoms with Crippen molar-refractivity contribution >= 4 is 11.6 Å². The van der Waals surface area contributed by atoms with Gasteiger partial charge in [0.2, 0.25) is 5.91 Å². The highest BCUT2D eigenvalue weighted by Gasteiger charge is 2.22. The van der Waals surface area contributed by atoms with E-state index in [1.165, 1.54) is 0 Å². The van der Waals surface area contributed by atoms with Crippen LogP contribution >= 0.6 is 0 Å². The molecule has 0 bridgehead atoms. The number of amides is 1. The Morgan fingerprint density at radius 1 is 0.900 bits per heavy atom. The normalized spacial score (nSPS) is 14.0. The molecule has 7 nitrogen and oxygen atoms in total. The number of rotatable bonds is 8. The molecule has 1 aliphatic heterocycles. The molecule has 0 N–H and O–H groups in total. The van der Waals surface area contributed by atoms with Crippen molar-refractivity contribution in [2.75, 3.05) is 66.0 Å². The van der Waals surface area contributed by atoms with Gasteiger partial charge in [0.1, 0.15) is 17.2 Å². The molecule has 0 spiro atoms. The van der Waals surface area contributed by atoms with Gasteiger partial charge in [-0.3, -0.25) is 9.69 Å². The highest BCUT2D eigenvalue weighted by Crippen LogP contribution is 2.25. The number of likely N-dealkylation sites (N-methyl/N-ethyl adjacent to an activating group) is 1. The van der Waals surface area contributed by atoms with E-state index in [-0.39, 0.29) is 5.91 Å². The van der Waals surface area contributed by atoms with E-state index in [0.717, 1.165) is 54.7 Å². The Kier molecular flexibility index (Phi) is 7.41. The maximum absolute atomic E-state index is 12.8. The van der Waals surface area contributed by atoms with Crippen LogP contribution in [-0.4, -0.2) is 76.8 Å². The van der Waals surface area contributed by atoms with E-state index in [2.05, 4.69) is 17.0 Å². The van der Waals surface area contributed by atoms with Gasteiger partial charge in [-0.1, -0.05) is 6.07 Å². The number of benzene rings is 2. The molecule has 0 atom stereocenters. The lowest BCUT2D eigenvalue weighted by Gasteiger charge is -2.36. The summed E-state index contributed by atoms with van der Waals surface area (Å²) >= 11 is 0. The minimum Gasteiger partial charge on any atom is -0.497 e. The average Bonchev–Trinajstić information content (AvgIpc) is 2.79. The number of nitrogens with zero attached hydrogens (tertiary/aromatic N) is 3. The molecule has 162 valence electrons. The van der Waals surface area contributed by atoms with Crippen LogP contribution in [-0.2, 0) is 11.3 Å². The van der Waals surface area contributed by atoms with Crippen LogP contribution in [0.2, 0.25) is 0 Å². The fourth-order valence-electron chi connectivity index (χ4n) is 3.67. The van der Waals surface area contributed by atoms with Crippen molar-refractivity contribution in [2.24, 2.45) is 0 Å². The van der Waals surface area contributed by atoms with Crippen molar-refractivity contribution in [3.8, 4) is 17.2 Å². The molecule has 7 heteroatoms. The topological polar surface area (TPSA) is 54.5 Å². The first-order valence-corrected chi connectivity index (χ1v) is 10.1. The van der Waals surface area contributed by atoms with E-state index in [1.54, 1.807) is 21.3 Å². The van der Waals surface area contributed by atoms with Crippen LogP contribution in [0.25, 0.3) is 0 Å². The molecule has 1 fully saturated rings. The van der Waals surface area contributed by atoms with Gasteiger partial charge in [-0.25, -0.2) is 0 Å². The van der Waals surface area contributed by atoms with Crippen molar-refractivity contribution < 1.29 is 19.0 Å². The summed E-state index contributed by atoms with van der Waals surface area (Å²) in [7, 11) is 6.90. The standard InChI is InChI=1S/C23H31N3O4/c1-24(16-18-5-8-21(29-3)15-22(18)30-4)17-23(27)26-13-11-25(12-14-26)19-6-9-20(28-2)10-7-19/h5-10,15H,11-14,16-17H2,1-4H3. The number of methoxy groups -OCH3 is 3. The summed E-state index contributed by atoms with van der Waals surface area (Å²) in [6.45, 7) is 4.11. The maximum atomic E-state index is 12.8. The second-order valence-electron chi connectivity index (χ2n) is 7.42. The van der Waals surface area contributed by atoms with Crippen molar-refractivity contribution in [3.63, 3.8) is 0 Å². The maximum Gasteiger partial charge on any atom is 0.236 e. The van der Waals surface area contributed by atoms with Gasteiger partial charge in [0.15, 0.2) is 0 Å². The number of piperazine rings is 1. The molecule has 1 amide bonds. The van der Waals surface area contributed by atoms with Crippen LogP contribution in [0, 0.1) is 0 Å². The molecule has 1 heterocycles. The van der Waals surface area contributed by atoms with Crippen LogP contribution in [0.4, 0.5) is 5.69 Å². The van der Waals surface area contributed by atoms with Crippen molar-refractivity contribution in [2.45, 2.75) is 6.54 Å². The summed E-state index contributed by atoms with van der Waals surface area (Å²) < 4.78 is 15.9. The number of anilines is 1. The van der Waals surface area contributed by atoms with Crippen LogP contribution in [0.1, 0.15) is 5.56 Å². The third-order valence-corrected chi connectivity index (χ3v) is 5.41. The zero-order valence-corrected chi connectivity index (χ0v) is 18.3. The zero-order valence-electron chi connectivity index (χ0n) is 18.3. The monoisotopic (exact) mass is 413 g/mol. The molecule has 0 aliphatic carbocycles. The minimum atomic E-state index is 0.152. The van der Waals surface area contributed by atoms with E-state index in [1.807, 2.05) is 47.2 Å². The molecule has 0 unspecified atom stereocenters. The Morgan fingerprint density at radius 2 is 1.53 bits per heavy atom. The van der Waals surface area contributed by atoms with Crippen LogP contribution < -0.4 is 19.1 Å². The lowest BCUT2D eigenvalue weighted by atomic mass is 10.1. The molecule has 2 aromatic carbocycles. The quantitative estimate of drug-likeness (QED) is 0.663. The first-order valence-electron chi connectivity index (χ1n) is 10.1. The second-order valence-corrected chi connectivity index (χ2v) is 7.42. The Morgan fingerprint density at radius 3 is 2.13 bits per heavy atom. The van der Waals surface area contributed by atoms with Gasteiger partial charge in [0, 0.05) is 50.0 Å². The summed E-state index contributed by atoms with van der Waals surface area (Å²) in [4.78, 5) is 19.0. The lowest BCUT2D eigenvalue weighted by molar-refractivity contribution is -0.132. The Balaban J connectivity index is 1.50. The number of carbonyl (C=O) groups is 1. The fourth-order valence-corrected chi connectivity index (χ4v) is 3.67. The van der Waals surface area contributed by atoms with Crippen molar-refractivity contribution in [3.05, 3.63) is 48.0 Å². The Bertz CT molecular complexity index is 833. The highest BCUT2D eigenvalue weighted by atomic mass is 16.5. The molecular formula is C23H31N3O4. The first kappa shape index (κ1) is 21.8. The molecule has 0 aromatic heterocycles. The van der Waals surface area contributed by atoms with E-state index in [0.29, 0.717) is 13.1 Å². The van der Waals surface area contributed by atoms with Gasteiger partial charge in [-0.05, 0) is 37.4 Å². The predicted octanol–water partition coefficient (Wildman–Crippen LogP) is 2.49. The molecule has 30 heavy (non-hydrogen) atoms. The minimum absolute atomic E-state index is 0.152. The Labute approximate surface area is 178 Å². The fraction of sp³-hybridized carbons (Fsp3) is 0.435. The van der Waals surface area contributed by atoms with Gasteiger partial charge in [-0.15, -0.1) is 0 Å². The third-order valence-electron chi connectivity index (χ3n) is 5.41. The third kappa shape index (κ3) is 5.36. The zero-order chi connectivity index (χ0) is 21.5. The molecule has 1 saturated heterocycles. The summed E-state index contributed by atoms with van der Waals surface area (Å²) in [5.74, 6) is 2.52. The van der Waals surface area contributed by atoms with Gasteiger partial charge in [0.25, 0.3) is 0 Å². The van der Waals surface area contributed by atoms with Crippen LogP contribution in [0.5, 0.6) is 17.2 Å². The summed E-state index contributed by atoms with van der Waals surface area (Å²) in [6, 6.07) is 13.8. The number of carbonyl (C=O) groups excluding carboxylic acids is 1. The predicted molar refractivity (Wildman–Crippen MR) is 118 cm³/mol. The first-order chi connectivity index (χ1) is 14.5. The van der Waals surface area contributed by atoms with Crippen molar-refractivity contribution in [1.82, 2.24) is 9.80 Å². The van der Waals surface area contributed by atoms with Gasteiger partial charge >= 0.3 is 0 Å². The smallest absolute Gasteiger partial charge is 0.236 e. The molecule has 3 rings (SSSR count). The lowest BCUT2D eigenvalue weighted by Crippen LogP contribution is -2.51. The molecule has 0 saturated carbocycles. The second kappa shape index (κ2) is 10.2. The van der Waals surface area contributed by atoms with Gasteiger partial charge in [0.05, 0.1) is 27.9 Å². The number of hydrogen-bond acceptors (Lipinski definition) is 6. The summed E-state index contributed by atoms with van der Waals surface area (Å²) in [6.07, 6.45) is 0. The van der Waals surface area contributed by atoms with Crippen molar-refractivity contribution in [1.29, 1.82) is 0 Å². The number of ether oxygens (including phenoxy) is 3. The summed E-state index contributed by atoms with van der Waals surface area (Å²) in [5, 5.41) is 0. The average molecular weight is 414 g/mol.